The van der Waals surface area contributed by atoms with Gasteiger partial charge in [0.1, 0.15) is 22.3 Å². The number of alkyl halides is 1. The lowest BCUT2D eigenvalue weighted by Gasteiger charge is -2.13. The Balaban J connectivity index is 1.63. The van der Waals surface area contributed by atoms with Gasteiger partial charge >= 0.3 is 5.69 Å². The fourth-order valence-corrected chi connectivity index (χ4v) is 6.67. The van der Waals surface area contributed by atoms with Crippen LogP contribution in [-0.4, -0.2) is 28.8 Å². The highest BCUT2D eigenvalue weighted by molar-refractivity contribution is 9.08. The van der Waals surface area contributed by atoms with Crippen LogP contribution in [0.1, 0.15) is 11.1 Å². The molecule has 0 bridgehead atoms. The molecule has 14 heteroatoms. The molecule has 0 unspecified atom stereocenters. The summed E-state index contributed by atoms with van der Waals surface area (Å²) < 4.78 is 33.1. The number of pyridine rings is 1. The molecule has 0 saturated carbocycles. The van der Waals surface area contributed by atoms with Crippen molar-refractivity contribution in [3.8, 4) is 21.9 Å². The van der Waals surface area contributed by atoms with Gasteiger partial charge in [-0.05, 0) is 53.6 Å². The third-order valence-corrected chi connectivity index (χ3v) is 8.52. The van der Waals surface area contributed by atoms with E-state index in [1.54, 1.807) is 41.3 Å². The molecule has 2 aromatic carbocycles. The Bertz CT molecular complexity index is 2070. The van der Waals surface area contributed by atoms with Gasteiger partial charge in [0.05, 0.1) is 28.7 Å². The zero-order valence-electron chi connectivity index (χ0n) is 21.3. The van der Waals surface area contributed by atoms with Crippen molar-refractivity contribution >= 4 is 43.2 Å². The predicted molar refractivity (Wildman–Crippen MR) is 157 cm³/mol. The van der Waals surface area contributed by atoms with Crippen LogP contribution in [0.2, 0.25) is 0 Å². The lowest BCUT2D eigenvalue weighted by molar-refractivity contribution is -0.384. The Morgan fingerprint density at radius 3 is 2.31 bits per heavy atom. The molecule has 6 rings (SSSR count). The molecule has 0 aliphatic heterocycles. The molecule has 0 spiro atoms. The molecule has 0 aliphatic rings. The maximum absolute atomic E-state index is 14.8. The monoisotopic (exact) mass is 650 g/mol. The normalized spacial score (nSPS) is 11.3. The summed E-state index contributed by atoms with van der Waals surface area (Å²) in [4.78, 5) is 43.7. The molecule has 0 aliphatic carbocycles. The Hall–Kier alpha value is -4.82. The number of non-ortho nitro benzene ring substituents is 1. The minimum absolute atomic E-state index is 0.00849. The number of hydrogen-bond donors (Lipinski definition) is 0. The first-order valence-electron chi connectivity index (χ1n) is 12.3. The van der Waals surface area contributed by atoms with Crippen molar-refractivity contribution < 1.29 is 13.7 Å². The zero-order valence-corrected chi connectivity index (χ0v) is 23.7. The van der Waals surface area contributed by atoms with Crippen LogP contribution in [0.4, 0.5) is 14.5 Å². The van der Waals surface area contributed by atoms with Crippen LogP contribution in [0.5, 0.6) is 0 Å². The van der Waals surface area contributed by atoms with Gasteiger partial charge in [0.25, 0.3) is 11.2 Å². The van der Waals surface area contributed by atoms with Crippen LogP contribution in [0.25, 0.3) is 32.2 Å². The van der Waals surface area contributed by atoms with Crippen LogP contribution >= 0.6 is 27.3 Å². The quantitative estimate of drug-likeness (QED) is 0.126. The molecule has 0 saturated heterocycles. The molecule has 0 amide bonds. The number of halogens is 3. The van der Waals surface area contributed by atoms with Gasteiger partial charge in [0, 0.05) is 40.3 Å². The highest BCUT2D eigenvalue weighted by Crippen LogP contribution is 2.39. The second kappa shape index (κ2) is 10.9. The standard InChI is InChI=1S/C28H17BrF2N6O4S/c29-13-19-24-26(38)36(23-10-9-18(14-32-23)35-12-2-11-33-35)28(39)34(15-20-21(30)3-1-4-22(20)31)27(24)42-25(19)16-5-7-17(8-6-16)37(40)41/h1-12,14H,13,15H2. The highest BCUT2D eigenvalue weighted by Gasteiger charge is 2.25. The second-order valence-electron chi connectivity index (χ2n) is 9.06. The van der Waals surface area contributed by atoms with Crippen molar-refractivity contribution in [3.05, 3.63) is 133 Å². The summed E-state index contributed by atoms with van der Waals surface area (Å²) in [5, 5.41) is 15.7. The van der Waals surface area contributed by atoms with Crippen LogP contribution in [-0.2, 0) is 11.9 Å². The van der Waals surface area contributed by atoms with Crippen molar-refractivity contribution in [2.45, 2.75) is 11.9 Å². The predicted octanol–water partition coefficient (Wildman–Crippen LogP) is 5.59. The summed E-state index contributed by atoms with van der Waals surface area (Å²) in [7, 11) is 0. The third-order valence-electron chi connectivity index (χ3n) is 6.65. The van der Waals surface area contributed by atoms with Gasteiger partial charge in [-0.1, -0.05) is 22.0 Å². The molecule has 42 heavy (non-hydrogen) atoms. The minimum atomic E-state index is -0.845. The zero-order chi connectivity index (χ0) is 29.5. The van der Waals surface area contributed by atoms with Gasteiger partial charge in [0.15, 0.2) is 0 Å². The van der Waals surface area contributed by atoms with E-state index in [1.807, 2.05) is 0 Å². The summed E-state index contributed by atoms with van der Waals surface area (Å²) in [5.41, 5.74) is -0.300. The number of thiophene rings is 1. The molecule has 0 fully saturated rings. The number of rotatable bonds is 7. The number of nitro groups is 1. The van der Waals surface area contributed by atoms with Crippen molar-refractivity contribution in [1.82, 2.24) is 23.9 Å². The van der Waals surface area contributed by atoms with Crippen LogP contribution in [0.15, 0.2) is 88.8 Å². The number of aromatic nitrogens is 5. The SMILES string of the molecule is O=c1c2c(CBr)c(-c3ccc([N+](=O)[O-])cc3)sc2n(Cc2c(F)cccc2F)c(=O)n1-c1ccc(-n2cccn2)cn1. The summed E-state index contributed by atoms with van der Waals surface area (Å²) in [6.07, 6.45) is 4.74. The van der Waals surface area contributed by atoms with E-state index in [2.05, 4.69) is 26.0 Å². The van der Waals surface area contributed by atoms with Crippen LogP contribution in [0, 0.1) is 21.7 Å². The fourth-order valence-electron chi connectivity index (χ4n) is 4.61. The first-order chi connectivity index (χ1) is 20.3. The fraction of sp³-hybridized carbons (Fsp3) is 0.0714. The van der Waals surface area contributed by atoms with Crippen molar-refractivity contribution in [3.63, 3.8) is 0 Å². The number of nitro benzene ring substituents is 1. The molecule has 10 nitrogen and oxygen atoms in total. The van der Waals surface area contributed by atoms with E-state index in [0.717, 1.165) is 32.6 Å². The molecule has 0 radical (unpaired) electrons. The molecular formula is C28H17BrF2N6O4S. The number of hydrogen-bond acceptors (Lipinski definition) is 7. The Kier molecular flexibility index (Phi) is 7.08. The smallest absolute Gasteiger partial charge is 0.279 e. The van der Waals surface area contributed by atoms with E-state index in [1.165, 1.54) is 30.5 Å². The highest BCUT2D eigenvalue weighted by atomic mass is 79.9. The molecule has 0 atom stereocenters. The van der Waals surface area contributed by atoms with Crippen molar-refractivity contribution in [2.75, 3.05) is 0 Å². The van der Waals surface area contributed by atoms with Crippen LogP contribution < -0.4 is 11.2 Å². The van der Waals surface area contributed by atoms with Gasteiger partial charge < -0.3 is 0 Å². The van der Waals surface area contributed by atoms with E-state index < -0.39 is 34.4 Å². The minimum Gasteiger partial charge on any atom is -0.279 e. The largest absolute Gasteiger partial charge is 0.338 e. The Labute approximate surface area is 247 Å². The number of fused-ring (bicyclic) bond motifs is 1. The summed E-state index contributed by atoms with van der Waals surface area (Å²) in [6, 6.07) is 14.0. The number of benzene rings is 2. The lowest BCUT2D eigenvalue weighted by atomic mass is 10.1. The van der Waals surface area contributed by atoms with Gasteiger partial charge in [0.2, 0.25) is 0 Å². The molecule has 4 aromatic heterocycles. The van der Waals surface area contributed by atoms with Crippen molar-refractivity contribution in [1.29, 1.82) is 0 Å². The number of nitrogens with zero attached hydrogens (tertiary/aromatic N) is 6. The average Bonchev–Trinajstić information content (AvgIpc) is 3.66. The summed E-state index contributed by atoms with van der Waals surface area (Å²) in [6.45, 7) is -0.499. The molecule has 6 aromatic rings. The Morgan fingerprint density at radius 2 is 1.71 bits per heavy atom. The second-order valence-corrected chi connectivity index (χ2v) is 10.6. The molecule has 4 heterocycles. The van der Waals surface area contributed by atoms with Gasteiger partial charge in [-0.3, -0.25) is 19.5 Å². The summed E-state index contributed by atoms with van der Waals surface area (Å²) >= 11 is 4.52. The maximum Gasteiger partial charge on any atom is 0.338 e. The van der Waals surface area contributed by atoms with E-state index in [-0.39, 0.29) is 32.6 Å². The van der Waals surface area contributed by atoms with E-state index in [9.17, 15) is 28.5 Å². The van der Waals surface area contributed by atoms with E-state index >= 15 is 0 Å². The first-order valence-corrected chi connectivity index (χ1v) is 14.2. The molecule has 0 N–H and O–H groups in total. The van der Waals surface area contributed by atoms with Gasteiger partial charge in [-0.2, -0.15) is 5.10 Å². The third kappa shape index (κ3) is 4.63. The lowest BCUT2D eigenvalue weighted by Crippen LogP contribution is -2.39. The maximum atomic E-state index is 14.8. The molecule has 210 valence electrons. The van der Waals surface area contributed by atoms with E-state index in [4.69, 9.17) is 0 Å². The Morgan fingerprint density at radius 1 is 0.976 bits per heavy atom. The van der Waals surface area contributed by atoms with Gasteiger partial charge in [-0.25, -0.2) is 27.8 Å². The van der Waals surface area contributed by atoms with Crippen molar-refractivity contribution in [2.24, 2.45) is 0 Å². The van der Waals surface area contributed by atoms with Gasteiger partial charge in [-0.15, -0.1) is 11.3 Å². The van der Waals surface area contributed by atoms with E-state index in [0.29, 0.717) is 21.7 Å². The topological polar surface area (TPSA) is 118 Å². The average molecular weight is 651 g/mol. The molecular weight excluding hydrogens is 634 g/mol. The first kappa shape index (κ1) is 27.4. The summed E-state index contributed by atoms with van der Waals surface area (Å²) in [5.74, 6) is -1.68. The van der Waals surface area contributed by atoms with Crippen LogP contribution in [0.3, 0.4) is 0 Å².